The summed E-state index contributed by atoms with van der Waals surface area (Å²) in [6, 6.07) is 7.30. The minimum atomic E-state index is 0.313. The molecule has 0 saturated heterocycles. The number of nitrogens with zero attached hydrogens (tertiary/aromatic N) is 2. The van der Waals surface area contributed by atoms with E-state index in [1.54, 1.807) is 12.1 Å². The quantitative estimate of drug-likeness (QED) is 0.732. The molecule has 1 aromatic heterocycles. The zero-order valence-electron chi connectivity index (χ0n) is 10.6. The number of halogens is 3. The molecule has 0 unspecified atom stereocenters. The third-order valence-electron chi connectivity index (χ3n) is 2.70. The van der Waals surface area contributed by atoms with Gasteiger partial charge in [0.05, 0.1) is 10.0 Å². The van der Waals surface area contributed by atoms with Crippen LogP contribution in [-0.4, -0.2) is 9.97 Å². The maximum atomic E-state index is 6.02. The normalized spacial score (nSPS) is 11.1. The molecule has 0 saturated carbocycles. The van der Waals surface area contributed by atoms with Crippen molar-refractivity contribution in [1.82, 2.24) is 9.97 Å². The lowest BCUT2D eigenvalue weighted by Gasteiger charge is -2.08. The summed E-state index contributed by atoms with van der Waals surface area (Å²) >= 11 is 17.9. The molecule has 5 heteroatoms. The summed E-state index contributed by atoms with van der Waals surface area (Å²) < 4.78 is 0. The summed E-state index contributed by atoms with van der Waals surface area (Å²) in [7, 11) is 0. The Hall–Kier alpha value is -0.830. The fraction of sp³-hybridized carbons (Fsp3) is 0.286. The van der Waals surface area contributed by atoms with Crippen LogP contribution in [0.1, 0.15) is 36.8 Å². The molecule has 1 aromatic carbocycles. The Labute approximate surface area is 127 Å². The van der Waals surface area contributed by atoms with Gasteiger partial charge in [-0.05, 0) is 29.7 Å². The van der Waals surface area contributed by atoms with Gasteiger partial charge in [-0.1, -0.05) is 54.7 Å². The third kappa shape index (κ3) is 3.82. The highest BCUT2D eigenvalue weighted by Crippen LogP contribution is 2.24. The first kappa shape index (κ1) is 14.6. The Kier molecular flexibility index (Phi) is 4.67. The van der Waals surface area contributed by atoms with Crippen molar-refractivity contribution in [3.05, 3.63) is 56.5 Å². The van der Waals surface area contributed by atoms with Crippen molar-refractivity contribution >= 4 is 34.8 Å². The number of aromatic nitrogens is 2. The second kappa shape index (κ2) is 6.08. The molecule has 0 bridgehead atoms. The van der Waals surface area contributed by atoms with E-state index in [1.807, 2.05) is 12.1 Å². The van der Waals surface area contributed by atoms with Gasteiger partial charge in [0.2, 0.25) is 0 Å². The Morgan fingerprint density at radius 2 is 1.74 bits per heavy atom. The van der Waals surface area contributed by atoms with Gasteiger partial charge in [-0.3, -0.25) is 0 Å². The van der Waals surface area contributed by atoms with E-state index in [9.17, 15) is 0 Å². The van der Waals surface area contributed by atoms with Crippen LogP contribution in [0.5, 0.6) is 0 Å². The molecule has 0 atom stereocenters. The van der Waals surface area contributed by atoms with Gasteiger partial charge >= 0.3 is 0 Å². The minimum Gasteiger partial charge on any atom is -0.237 e. The SMILES string of the molecule is CC(C)c1cc(Cl)nc(Cc2ccc(Cl)c(Cl)c2)n1. The molecular formula is C14H13Cl3N2. The smallest absolute Gasteiger partial charge is 0.134 e. The fourth-order valence-corrected chi connectivity index (χ4v) is 2.22. The van der Waals surface area contributed by atoms with E-state index >= 15 is 0 Å². The Bertz CT molecular complexity index is 597. The van der Waals surface area contributed by atoms with Crippen molar-refractivity contribution < 1.29 is 0 Å². The number of rotatable bonds is 3. The molecule has 0 aliphatic carbocycles. The Morgan fingerprint density at radius 3 is 2.37 bits per heavy atom. The van der Waals surface area contributed by atoms with Crippen LogP contribution in [0.2, 0.25) is 15.2 Å². The Balaban J connectivity index is 2.29. The van der Waals surface area contributed by atoms with E-state index in [-0.39, 0.29) is 0 Å². The molecular weight excluding hydrogens is 303 g/mol. The standard InChI is InChI=1S/C14H13Cl3N2/c1-8(2)12-7-13(17)19-14(18-12)6-9-3-4-10(15)11(16)5-9/h3-5,7-8H,6H2,1-2H3. The molecule has 2 rings (SSSR count). The molecule has 0 aliphatic heterocycles. The van der Waals surface area contributed by atoms with Crippen molar-refractivity contribution in [3.8, 4) is 0 Å². The van der Waals surface area contributed by atoms with Crippen molar-refractivity contribution in [1.29, 1.82) is 0 Å². The largest absolute Gasteiger partial charge is 0.237 e. The number of benzene rings is 1. The maximum absolute atomic E-state index is 6.02. The van der Waals surface area contributed by atoms with Crippen molar-refractivity contribution in [2.45, 2.75) is 26.2 Å². The lowest BCUT2D eigenvalue weighted by Crippen LogP contribution is -2.02. The molecule has 100 valence electrons. The lowest BCUT2D eigenvalue weighted by atomic mass is 10.1. The van der Waals surface area contributed by atoms with Gasteiger partial charge in [-0.2, -0.15) is 0 Å². The summed E-state index contributed by atoms with van der Waals surface area (Å²) in [6.07, 6.45) is 0.581. The minimum absolute atomic E-state index is 0.313. The highest BCUT2D eigenvalue weighted by Gasteiger charge is 2.08. The zero-order valence-corrected chi connectivity index (χ0v) is 12.9. The van der Waals surface area contributed by atoms with Crippen molar-refractivity contribution in [2.24, 2.45) is 0 Å². The van der Waals surface area contributed by atoms with Crippen LogP contribution in [0.4, 0.5) is 0 Å². The molecule has 0 aliphatic rings. The number of hydrogen-bond acceptors (Lipinski definition) is 2. The van der Waals surface area contributed by atoms with Crippen LogP contribution >= 0.6 is 34.8 Å². The predicted molar refractivity (Wildman–Crippen MR) is 80.4 cm³/mol. The second-order valence-corrected chi connectivity index (χ2v) is 5.81. The fourth-order valence-electron chi connectivity index (χ4n) is 1.69. The van der Waals surface area contributed by atoms with Gasteiger partial charge < -0.3 is 0 Å². The first-order chi connectivity index (χ1) is 8.95. The van der Waals surface area contributed by atoms with E-state index in [4.69, 9.17) is 34.8 Å². The molecule has 0 N–H and O–H groups in total. The average Bonchev–Trinajstić information content (AvgIpc) is 2.33. The van der Waals surface area contributed by atoms with Gasteiger partial charge in [0.1, 0.15) is 11.0 Å². The first-order valence-electron chi connectivity index (χ1n) is 5.93. The van der Waals surface area contributed by atoms with E-state index < -0.39 is 0 Å². The van der Waals surface area contributed by atoms with E-state index in [1.165, 1.54) is 0 Å². The van der Waals surface area contributed by atoms with Gasteiger partial charge in [0.25, 0.3) is 0 Å². The first-order valence-corrected chi connectivity index (χ1v) is 7.06. The van der Waals surface area contributed by atoms with E-state index in [2.05, 4.69) is 23.8 Å². The van der Waals surface area contributed by atoms with Gasteiger partial charge in [0.15, 0.2) is 0 Å². The lowest BCUT2D eigenvalue weighted by molar-refractivity contribution is 0.791. The highest BCUT2D eigenvalue weighted by atomic mass is 35.5. The van der Waals surface area contributed by atoms with Crippen LogP contribution < -0.4 is 0 Å². The van der Waals surface area contributed by atoms with Gasteiger partial charge in [-0.15, -0.1) is 0 Å². The van der Waals surface area contributed by atoms with Crippen LogP contribution in [-0.2, 0) is 6.42 Å². The highest BCUT2D eigenvalue weighted by molar-refractivity contribution is 6.42. The maximum Gasteiger partial charge on any atom is 0.134 e. The molecule has 0 fully saturated rings. The van der Waals surface area contributed by atoms with Gasteiger partial charge in [-0.25, -0.2) is 9.97 Å². The molecule has 0 amide bonds. The summed E-state index contributed by atoms with van der Waals surface area (Å²) in [4.78, 5) is 8.75. The summed E-state index contributed by atoms with van der Waals surface area (Å²) in [5.74, 6) is 1.00. The number of hydrogen-bond donors (Lipinski definition) is 0. The molecule has 0 spiro atoms. The van der Waals surface area contributed by atoms with Crippen LogP contribution in [0.25, 0.3) is 0 Å². The molecule has 2 nitrogen and oxygen atoms in total. The molecule has 0 radical (unpaired) electrons. The Morgan fingerprint density at radius 1 is 1.00 bits per heavy atom. The topological polar surface area (TPSA) is 25.8 Å². The monoisotopic (exact) mass is 314 g/mol. The zero-order chi connectivity index (χ0) is 14.0. The van der Waals surface area contributed by atoms with Crippen LogP contribution in [0.15, 0.2) is 24.3 Å². The summed E-state index contributed by atoms with van der Waals surface area (Å²) in [5, 5.41) is 1.54. The summed E-state index contributed by atoms with van der Waals surface area (Å²) in [6.45, 7) is 4.14. The average molecular weight is 316 g/mol. The van der Waals surface area contributed by atoms with Gasteiger partial charge in [0, 0.05) is 12.1 Å². The van der Waals surface area contributed by atoms with Crippen LogP contribution in [0, 0.1) is 0 Å². The molecule has 2 aromatic rings. The third-order valence-corrected chi connectivity index (χ3v) is 3.63. The molecule has 19 heavy (non-hydrogen) atoms. The van der Waals surface area contributed by atoms with Crippen molar-refractivity contribution in [3.63, 3.8) is 0 Å². The van der Waals surface area contributed by atoms with Crippen LogP contribution in [0.3, 0.4) is 0 Å². The van der Waals surface area contributed by atoms with E-state index in [0.717, 1.165) is 11.3 Å². The molecule has 1 heterocycles. The van der Waals surface area contributed by atoms with E-state index in [0.29, 0.717) is 33.4 Å². The summed E-state index contributed by atoms with van der Waals surface area (Å²) in [5.41, 5.74) is 1.95. The predicted octanol–water partition coefficient (Wildman–Crippen LogP) is 5.15. The second-order valence-electron chi connectivity index (χ2n) is 4.61. The van der Waals surface area contributed by atoms with Crippen molar-refractivity contribution in [2.75, 3.05) is 0 Å².